The Morgan fingerprint density at radius 3 is 1.36 bits per heavy atom. The summed E-state index contributed by atoms with van der Waals surface area (Å²) in [5.41, 5.74) is 0. The van der Waals surface area contributed by atoms with Crippen molar-refractivity contribution in [2.45, 2.75) is 323 Å². The molecule has 2 amide bonds. The van der Waals surface area contributed by atoms with Gasteiger partial charge >= 0.3 is 0 Å². The van der Waals surface area contributed by atoms with Gasteiger partial charge in [0.05, 0.1) is 45.2 Å². The lowest BCUT2D eigenvalue weighted by molar-refractivity contribution is -0.381. The summed E-state index contributed by atoms with van der Waals surface area (Å²) in [5.74, 6) is -1.07. The van der Waals surface area contributed by atoms with Crippen molar-refractivity contribution >= 4 is 11.8 Å². The van der Waals surface area contributed by atoms with E-state index in [0.717, 1.165) is 51.9 Å². The molecule has 0 aromatic heterocycles. The molecule has 0 aliphatic carbocycles. The van der Waals surface area contributed by atoms with E-state index in [0.29, 0.717) is 12.8 Å². The number of aliphatic hydroxyl groups excluding tert-OH is 13. The van der Waals surface area contributed by atoms with Crippen molar-refractivity contribution in [3.63, 3.8) is 0 Å². The number of amides is 2. The van der Waals surface area contributed by atoms with E-state index in [4.69, 9.17) is 37.9 Å². The lowest BCUT2D eigenvalue weighted by atomic mass is 9.94. The summed E-state index contributed by atoms with van der Waals surface area (Å²) in [4.78, 5) is 25.9. The van der Waals surface area contributed by atoms with Crippen LogP contribution in [0.4, 0.5) is 0 Å². The SMILES string of the molecule is CCCCCCCCCCCCC/C=C/[C@@H](O)[C@H](CO[C@@H]1OC(CO)[C@@H](O[C@@H]2OC(CO)[C@H](O)[C@H](O[C@@H]3OC(CO)[C@@H](O[C@@H]4OC(CO)[C@H](O)[C@H](O)C4O)[C@H](O)C3NC(C)=O)C2O)[C@H](O)C1O)NC(=O)CCCCCCCCCCCCCCC. The maximum absolute atomic E-state index is 13.4. The maximum Gasteiger partial charge on any atom is 0.220 e. The zero-order valence-electron chi connectivity index (χ0n) is 50.7. The van der Waals surface area contributed by atoms with Crippen LogP contribution in [0.5, 0.6) is 0 Å². The first-order valence-corrected chi connectivity index (χ1v) is 31.9. The molecule has 25 nitrogen and oxygen atoms in total. The third-order valence-electron chi connectivity index (χ3n) is 16.6. The molecule has 85 heavy (non-hydrogen) atoms. The quantitative estimate of drug-likeness (QED) is 0.0299. The second-order valence-electron chi connectivity index (χ2n) is 23.6. The maximum atomic E-state index is 13.4. The molecule has 25 heteroatoms. The monoisotopic (exact) mass is 1230 g/mol. The average molecular weight is 1230 g/mol. The van der Waals surface area contributed by atoms with Gasteiger partial charge in [-0.2, -0.15) is 0 Å². The molecule has 0 radical (unpaired) electrons. The predicted octanol–water partition coefficient (Wildman–Crippen LogP) is 1.00. The Morgan fingerprint density at radius 1 is 0.459 bits per heavy atom. The summed E-state index contributed by atoms with van der Waals surface area (Å²) in [6.45, 7) is 1.57. The molecule has 0 aromatic carbocycles. The van der Waals surface area contributed by atoms with E-state index in [1.165, 1.54) is 103 Å². The zero-order valence-corrected chi connectivity index (χ0v) is 50.7. The zero-order chi connectivity index (χ0) is 62.3. The number of unbranched alkanes of at least 4 members (excludes halogenated alkanes) is 23. The van der Waals surface area contributed by atoms with Crippen LogP contribution in [0.25, 0.3) is 0 Å². The summed E-state index contributed by atoms with van der Waals surface area (Å²) < 4.78 is 46.6. The van der Waals surface area contributed by atoms with Gasteiger partial charge in [-0.1, -0.05) is 167 Å². The van der Waals surface area contributed by atoms with E-state index in [2.05, 4.69) is 24.5 Å². The van der Waals surface area contributed by atoms with E-state index >= 15 is 0 Å². The molecule has 0 aromatic rings. The highest BCUT2D eigenvalue weighted by Gasteiger charge is 2.56. The van der Waals surface area contributed by atoms with Crippen molar-refractivity contribution in [3.8, 4) is 0 Å². The van der Waals surface area contributed by atoms with Gasteiger partial charge in [0.2, 0.25) is 11.8 Å². The molecule has 8 unspecified atom stereocenters. The molecule has 4 saturated heterocycles. The van der Waals surface area contributed by atoms with Crippen LogP contribution in [0.1, 0.15) is 188 Å². The standard InChI is InChI=1S/C60H110N2O23/c1-4-6-8-10-12-14-16-18-20-22-24-26-28-30-39(68)38(62-44(69)31-29-27-25-23-21-19-17-15-13-11-9-7-5-2)36-78-58-52(76)50(74)55(43(35-66)82-58)84-60-53(77)56(47(71)41(33-64)80-60)85-57-45(61-37(3)67)48(72)54(42(34-65)81-57)83-59-51(75)49(73)46(70)40(32-63)79-59/h28,30,38-43,45-60,63-66,68,70-77H,4-27,29,31-36H2,1-3H3,(H,61,67)(H,62,69)/b30-28+/t38-,39+,40?,41?,42?,43?,45?,46-,47-,48+,49-,50+,51?,52?,53?,54+,55+,56-,57-,58+,59-,60-/m0/s1. The van der Waals surface area contributed by atoms with Crippen molar-refractivity contribution in [2.75, 3.05) is 33.0 Å². The summed E-state index contributed by atoms with van der Waals surface area (Å²) in [6.07, 6.45) is -2.79. The van der Waals surface area contributed by atoms with Gasteiger partial charge in [0.1, 0.15) is 97.6 Å². The molecule has 0 bridgehead atoms. The largest absolute Gasteiger partial charge is 0.394 e. The number of nitrogens with one attached hydrogen (secondary N) is 2. The number of carbonyl (C=O) groups is 2. The number of ether oxygens (including phenoxy) is 8. The highest BCUT2D eigenvalue weighted by Crippen LogP contribution is 2.35. The van der Waals surface area contributed by atoms with Gasteiger partial charge in [-0.25, -0.2) is 0 Å². The number of rotatable bonds is 43. The summed E-state index contributed by atoms with van der Waals surface area (Å²) in [5, 5.41) is 147. The smallest absolute Gasteiger partial charge is 0.220 e. The molecule has 4 fully saturated rings. The first-order chi connectivity index (χ1) is 41.0. The second-order valence-corrected chi connectivity index (χ2v) is 23.6. The fourth-order valence-electron chi connectivity index (χ4n) is 11.4. The number of hydrogen-bond donors (Lipinski definition) is 15. The molecular formula is C60H110N2O23. The van der Waals surface area contributed by atoms with Crippen LogP contribution in [0.3, 0.4) is 0 Å². The van der Waals surface area contributed by atoms with Crippen molar-refractivity contribution in [2.24, 2.45) is 0 Å². The van der Waals surface area contributed by atoms with Gasteiger partial charge in [0.15, 0.2) is 25.2 Å². The Hall–Kier alpha value is -2.16. The van der Waals surface area contributed by atoms with Crippen LogP contribution >= 0.6 is 0 Å². The Morgan fingerprint density at radius 2 is 0.871 bits per heavy atom. The molecule has 4 aliphatic rings. The summed E-state index contributed by atoms with van der Waals surface area (Å²) in [7, 11) is 0. The van der Waals surface area contributed by atoms with Gasteiger partial charge in [-0.05, 0) is 19.3 Å². The van der Waals surface area contributed by atoms with E-state index in [1.807, 2.05) is 6.08 Å². The Labute approximate surface area is 502 Å². The first-order valence-electron chi connectivity index (χ1n) is 31.9. The minimum Gasteiger partial charge on any atom is -0.394 e. The van der Waals surface area contributed by atoms with Crippen LogP contribution in [-0.4, -0.2) is 246 Å². The molecule has 4 heterocycles. The lowest BCUT2D eigenvalue weighted by Crippen LogP contribution is -2.69. The Kier molecular flexibility index (Phi) is 37.2. The molecule has 0 spiro atoms. The molecule has 15 N–H and O–H groups in total. The Balaban J connectivity index is 1.39. The molecule has 4 aliphatic heterocycles. The van der Waals surface area contributed by atoms with Gasteiger partial charge in [-0.3, -0.25) is 9.59 Å². The van der Waals surface area contributed by atoms with Gasteiger partial charge in [-0.15, -0.1) is 0 Å². The first kappa shape index (κ1) is 75.3. The molecule has 498 valence electrons. The normalized spacial score (nSPS) is 34.4. The van der Waals surface area contributed by atoms with Crippen molar-refractivity contribution in [3.05, 3.63) is 12.2 Å². The number of carbonyl (C=O) groups excluding carboxylic acids is 2. The summed E-state index contributed by atoms with van der Waals surface area (Å²) >= 11 is 0. The van der Waals surface area contributed by atoms with Gasteiger partial charge in [0, 0.05) is 13.3 Å². The van der Waals surface area contributed by atoms with Crippen LogP contribution in [-0.2, 0) is 47.5 Å². The third kappa shape index (κ3) is 24.9. The van der Waals surface area contributed by atoms with Crippen LogP contribution in [0.15, 0.2) is 12.2 Å². The highest BCUT2D eigenvalue weighted by atomic mass is 16.8. The van der Waals surface area contributed by atoms with Crippen molar-refractivity contribution in [1.82, 2.24) is 10.6 Å². The molecule has 0 saturated carbocycles. The van der Waals surface area contributed by atoms with E-state index in [1.54, 1.807) is 6.08 Å². The average Bonchev–Trinajstić information content (AvgIpc) is 1.89. The van der Waals surface area contributed by atoms with Crippen LogP contribution in [0.2, 0.25) is 0 Å². The minimum atomic E-state index is -2.08. The number of allylic oxidation sites excluding steroid dienone is 1. The number of hydrogen-bond acceptors (Lipinski definition) is 23. The third-order valence-corrected chi connectivity index (χ3v) is 16.6. The minimum absolute atomic E-state index is 0.212. The van der Waals surface area contributed by atoms with E-state index in [-0.39, 0.29) is 12.3 Å². The summed E-state index contributed by atoms with van der Waals surface area (Å²) in [6, 6.07) is -2.67. The Bertz CT molecular complexity index is 1790. The van der Waals surface area contributed by atoms with Crippen molar-refractivity contribution in [1.29, 1.82) is 0 Å². The van der Waals surface area contributed by atoms with Gasteiger partial charge < -0.3 is 115 Å². The van der Waals surface area contributed by atoms with Gasteiger partial charge in [0.25, 0.3) is 0 Å². The van der Waals surface area contributed by atoms with Crippen LogP contribution < -0.4 is 10.6 Å². The van der Waals surface area contributed by atoms with Crippen LogP contribution in [0, 0.1) is 0 Å². The fraction of sp³-hybridized carbons (Fsp3) is 0.933. The van der Waals surface area contributed by atoms with E-state index in [9.17, 15) is 76.0 Å². The fourth-order valence-corrected chi connectivity index (χ4v) is 11.4. The molecule has 4 rings (SSSR count). The number of aliphatic hydroxyl groups is 13. The predicted molar refractivity (Wildman–Crippen MR) is 308 cm³/mol. The lowest BCUT2D eigenvalue weighted by Gasteiger charge is -2.50. The molecule has 22 atom stereocenters. The highest BCUT2D eigenvalue weighted by molar-refractivity contribution is 5.76. The molecular weight excluding hydrogens is 1120 g/mol. The van der Waals surface area contributed by atoms with Crippen molar-refractivity contribution < 1.29 is 114 Å². The van der Waals surface area contributed by atoms with E-state index < -0.39 is 174 Å². The second kappa shape index (κ2) is 42.0. The topological polar surface area (TPSA) is 395 Å².